The van der Waals surface area contributed by atoms with Gasteiger partial charge >= 0.3 is 5.97 Å². The van der Waals surface area contributed by atoms with E-state index in [-0.39, 0.29) is 24.4 Å². The summed E-state index contributed by atoms with van der Waals surface area (Å²) in [6.07, 6.45) is 0.859. The van der Waals surface area contributed by atoms with Crippen LogP contribution in [0.4, 0.5) is 5.69 Å². The Hall–Kier alpha value is -1.55. The molecule has 96 valence electrons. The Kier molecular flexibility index (Phi) is 3.87. The maximum Gasteiger partial charge on any atom is 0.309 e. The number of rotatable bonds is 4. The normalized spacial score (nSPS) is 21.2. The van der Waals surface area contributed by atoms with Crippen molar-refractivity contribution in [3.63, 3.8) is 0 Å². The highest BCUT2D eigenvalue weighted by molar-refractivity contribution is 6.30. The van der Waals surface area contributed by atoms with Crippen LogP contribution in [0.5, 0.6) is 0 Å². The maximum atomic E-state index is 11.5. The van der Waals surface area contributed by atoms with E-state index in [1.165, 1.54) is 0 Å². The highest BCUT2D eigenvalue weighted by Crippen LogP contribution is 2.38. The van der Waals surface area contributed by atoms with Crippen LogP contribution in [0.1, 0.15) is 13.3 Å². The van der Waals surface area contributed by atoms with Crippen LogP contribution in [0.3, 0.4) is 0 Å². The zero-order chi connectivity index (χ0) is 13.1. The van der Waals surface area contributed by atoms with E-state index in [2.05, 4.69) is 5.32 Å². The fourth-order valence-corrected chi connectivity index (χ4v) is 1.75. The van der Waals surface area contributed by atoms with Crippen molar-refractivity contribution in [1.29, 1.82) is 0 Å². The fourth-order valence-electron chi connectivity index (χ4n) is 1.62. The van der Waals surface area contributed by atoms with Gasteiger partial charge in [0.2, 0.25) is 0 Å². The van der Waals surface area contributed by atoms with Crippen molar-refractivity contribution < 1.29 is 14.3 Å². The summed E-state index contributed by atoms with van der Waals surface area (Å²) in [5.74, 6) is -0.266. The lowest BCUT2D eigenvalue weighted by molar-refractivity contribution is -0.148. The first-order chi connectivity index (χ1) is 8.56. The smallest absolute Gasteiger partial charge is 0.309 e. The summed E-state index contributed by atoms with van der Waals surface area (Å²) in [4.78, 5) is 22.9. The van der Waals surface area contributed by atoms with Crippen LogP contribution < -0.4 is 5.32 Å². The zero-order valence-electron chi connectivity index (χ0n) is 9.98. The van der Waals surface area contributed by atoms with E-state index in [1.807, 2.05) is 6.92 Å². The molecular weight excluding hydrogens is 254 g/mol. The second-order valence-electron chi connectivity index (χ2n) is 4.48. The van der Waals surface area contributed by atoms with Crippen LogP contribution in [0.2, 0.25) is 5.02 Å². The molecule has 0 spiro atoms. The zero-order valence-corrected chi connectivity index (χ0v) is 10.7. The molecule has 1 amide bonds. The van der Waals surface area contributed by atoms with Gasteiger partial charge in [-0.05, 0) is 36.6 Å². The lowest BCUT2D eigenvalue weighted by Gasteiger charge is -2.06. The largest absolute Gasteiger partial charge is 0.455 e. The molecule has 1 saturated carbocycles. The summed E-state index contributed by atoms with van der Waals surface area (Å²) in [5.41, 5.74) is 0.625. The van der Waals surface area contributed by atoms with Crippen LogP contribution in [-0.2, 0) is 14.3 Å². The molecule has 2 rings (SSSR count). The second kappa shape index (κ2) is 5.40. The van der Waals surface area contributed by atoms with Gasteiger partial charge in [0.25, 0.3) is 5.91 Å². The minimum atomic E-state index is -0.348. The van der Waals surface area contributed by atoms with E-state index in [0.29, 0.717) is 16.6 Å². The van der Waals surface area contributed by atoms with Gasteiger partial charge in [0.1, 0.15) is 0 Å². The number of ether oxygens (including phenoxy) is 1. The molecule has 0 radical (unpaired) electrons. The number of nitrogens with one attached hydrogen (secondary N) is 1. The number of hydrogen-bond donors (Lipinski definition) is 1. The number of carbonyl (C=O) groups is 2. The Labute approximate surface area is 110 Å². The van der Waals surface area contributed by atoms with Crippen molar-refractivity contribution in [1.82, 2.24) is 0 Å². The Morgan fingerprint density at radius 3 is 2.56 bits per heavy atom. The quantitative estimate of drug-likeness (QED) is 0.853. The minimum absolute atomic E-state index is 0.0201. The molecule has 2 atom stereocenters. The van der Waals surface area contributed by atoms with Gasteiger partial charge in [0, 0.05) is 10.7 Å². The summed E-state index contributed by atoms with van der Waals surface area (Å²) in [6.45, 7) is 1.74. The van der Waals surface area contributed by atoms with Crippen molar-refractivity contribution in [3.05, 3.63) is 29.3 Å². The Morgan fingerprint density at radius 1 is 1.39 bits per heavy atom. The lowest BCUT2D eigenvalue weighted by Crippen LogP contribution is -2.21. The van der Waals surface area contributed by atoms with Crippen LogP contribution in [-0.4, -0.2) is 18.5 Å². The molecule has 5 heteroatoms. The van der Waals surface area contributed by atoms with Crippen molar-refractivity contribution in [2.24, 2.45) is 11.8 Å². The van der Waals surface area contributed by atoms with E-state index in [0.717, 1.165) is 6.42 Å². The highest BCUT2D eigenvalue weighted by atomic mass is 35.5. The predicted molar refractivity (Wildman–Crippen MR) is 68.3 cm³/mol. The van der Waals surface area contributed by atoms with E-state index in [4.69, 9.17) is 16.3 Å². The number of amides is 1. The van der Waals surface area contributed by atoms with Gasteiger partial charge in [0.05, 0.1) is 5.92 Å². The molecule has 4 nitrogen and oxygen atoms in total. The summed E-state index contributed by atoms with van der Waals surface area (Å²) < 4.78 is 4.92. The topological polar surface area (TPSA) is 55.4 Å². The molecule has 0 unspecified atom stereocenters. The summed E-state index contributed by atoms with van der Waals surface area (Å²) in [7, 11) is 0. The molecule has 1 aliphatic carbocycles. The van der Waals surface area contributed by atoms with E-state index < -0.39 is 0 Å². The Bertz CT molecular complexity index is 458. The third-order valence-electron chi connectivity index (χ3n) is 2.89. The molecule has 1 fully saturated rings. The van der Waals surface area contributed by atoms with Crippen molar-refractivity contribution in [2.75, 3.05) is 11.9 Å². The Morgan fingerprint density at radius 2 is 2.00 bits per heavy atom. The number of benzene rings is 1. The highest BCUT2D eigenvalue weighted by Gasteiger charge is 2.40. The molecule has 1 aromatic rings. The van der Waals surface area contributed by atoms with Crippen LogP contribution in [0.25, 0.3) is 0 Å². The number of carbonyl (C=O) groups excluding carboxylic acids is 2. The molecule has 0 aromatic heterocycles. The number of anilines is 1. The molecular formula is C13H14ClNO3. The van der Waals surface area contributed by atoms with Gasteiger partial charge in [-0.1, -0.05) is 18.5 Å². The molecule has 1 N–H and O–H groups in total. The Balaban J connectivity index is 1.75. The third kappa shape index (κ3) is 3.47. The summed E-state index contributed by atoms with van der Waals surface area (Å²) in [6, 6.07) is 6.72. The van der Waals surface area contributed by atoms with Gasteiger partial charge in [0.15, 0.2) is 6.61 Å². The standard InChI is InChI=1S/C13H14ClNO3/c1-8-6-11(8)13(17)18-7-12(16)15-10-4-2-9(14)3-5-10/h2-5,8,11H,6-7H2,1H3,(H,15,16)/t8-,11-/m0/s1. The molecule has 1 aromatic carbocycles. The van der Waals surface area contributed by atoms with Gasteiger partial charge in [-0.3, -0.25) is 9.59 Å². The average molecular weight is 268 g/mol. The van der Waals surface area contributed by atoms with Gasteiger partial charge < -0.3 is 10.1 Å². The predicted octanol–water partition coefficient (Wildman–Crippen LogP) is 2.48. The second-order valence-corrected chi connectivity index (χ2v) is 4.92. The first kappa shape index (κ1) is 12.9. The van der Waals surface area contributed by atoms with Gasteiger partial charge in [-0.15, -0.1) is 0 Å². The molecule has 18 heavy (non-hydrogen) atoms. The first-order valence-corrected chi connectivity index (χ1v) is 6.16. The monoisotopic (exact) mass is 267 g/mol. The van der Waals surface area contributed by atoms with Crippen molar-refractivity contribution >= 4 is 29.2 Å². The lowest BCUT2D eigenvalue weighted by atomic mass is 10.3. The summed E-state index contributed by atoms with van der Waals surface area (Å²) >= 11 is 5.72. The van der Waals surface area contributed by atoms with E-state index in [1.54, 1.807) is 24.3 Å². The molecule has 0 aliphatic heterocycles. The molecule has 0 bridgehead atoms. The molecule has 1 aliphatic rings. The molecule has 0 saturated heterocycles. The molecule has 0 heterocycles. The van der Waals surface area contributed by atoms with Crippen molar-refractivity contribution in [2.45, 2.75) is 13.3 Å². The minimum Gasteiger partial charge on any atom is -0.455 e. The number of halogens is 1. The van der Waals surface area contributed by atoms with E-state index in [9.17, 15) is 9.59 Å². The van der Waals surface area contributed by atoms with Crippen molar-refractivity contribution in [3.8, 4) is 0 Å². The van der Waals surface area contributed by atoms with Crippen LogP contribution in [0.15, 0.2) is 24.3 Å². The number of esters is 1. The first-order valence-electron chi connectivity index (χ1n) is 5.78. The maximum absolute atomic E-state index is 11.5. The van der Waals surface area contributed by atoms with Crippen LogP contribution >= 0.6 is 11.6 Å². The SMILES string of the molecule is C[C@H]1C[C@@H]1C(=O)OCC(=O)Nc1ccc(Cl)cc1. The summed E-state index contributed by atoms with van der Waals surface area (Å²) in [5, 5.41) is 3.22. The van der Waals surface area contributed by atoms with Crippen LogP contribution in [0, 0.1) is 11.8 Å². The third-order valence-corrected chi connectivity index (χ3v) is 3.14. The number of hydrogen-bond acceptors (Lipinski definition) is 3. The van der Waals surface area contributed by atoms with E-state index >= 15 is 0 Å². The fraction of sp³-hybridized carbons (Fsp3) is 0.385. The van der Waals surface area contributed by atoms with Gasteiger partial charge in [-0.25, -0.2) is 0 Å². The average Bonchev–Trinajstić information content (AvgIpc) is 3.06. The van der Waals surface area contributed by atoms with Gasteiger partial charge in [-0.2, -0.15) is 0 Å².